The zero-order chi connectivity index (χ0) is 18.8. The first kappa shape index (κ1) is 19.1. The summed E-state index contributed by atoms with van der Waals surface area (Å²) in [5, 5.41) is 11.5. The van der Waals surface area contributed by atoms with Crippen LogP contribution in [0.3, 0.4) is 0 Å². The topological polar surface area (TPSA) is 113 Å². The number of aromatic carboxylic acids is 1. The highest BCUT2D eigenvalue weighted by Crippen LogP contribution is 2.21. The molecule has 1 aromatic carbocycles. The number of amides is 1. The van der Waals surface area contributed by atoms with Gasteiger partial charge in [0.2, 0.25) is 10.0 Å². The summed E-state index contributed by atoms with van der Waals surface area (Å²) in [4.78, 5) is 23.3. The van der Waals surface area contributed by atoms with Crippen molar-refractivity contribution in [3.05, 3.63) is 46.2 Å². The molecule has 0 spiro atoms. The van der Waals surface area contributed by atoms with E-state index in [0.717, 1.165) is 11.3 Å². The van der Waals surface area contributed by atoms with Gasteiger partial charge >= 0.3 is 5.97 Å². The average Bonchev–Trinajstić information content (AvgIpc) is 2.95. The highest BCUT2D eigenvalue weighted by molar-refractivity contribution is 7.89. The van der Waals surface area contributed by atoms with Gasteiger partial charge in [-0.2, -0.15) is 0 Å². The molecule has 0 aliphatic rings. The van der Waals surface area contributed by atoms with Gasteiger partial charge in [0.25, 0.3) is 5.91 Å². The summed E-state index contributed by atoms with van der Waals surface area (Å²) in [6.45, 7) is 5.19. The van der Waals surface area contributed by atoms with E-state index in [0.29, 0.717) is 5.69 Å². The summed E-state index contributed by atoms with van der Waals surface area (Å²) in [6, 6.07) is 8.60. The van der Waals surface area contributed by atoms with Gasteiger partial charge in [0.1, 0.15) is 4.88 Å². The summed E-state index contributed by atoms with van der Waals surface area (Å²) in [6.07, 6.45) is 0. The van der Waals surface area contributed by atoms with Crippen LogP contribution < -0.4 is 10.0 Å². The van der Waals surface area contributed by atoms with Gasteiger partial charge in [-0.1, -0.05) is 6.07 Å². The Labute approximate surface area is 149 Å². The largest absolute Gasteiger partial charge is 0.477 e. The van der Waals surface area contributed by atoms with Crippen molar-refractivity contribution < 1.29 is 23.1 Å². The zero-order valence-corrected chi connectivity index (χ0v) is 15.5. The molecule has 1 aromatic heterocycles. The lowest BCUT2D eigenvalue weighted by molar-refractivity contribution is 0.0702. The maximum atomic E-state index is 12.3. The zero-order valence-electron chi connectivity index (χ0n) is 13.9. The van der Waals surface area contributed by atoms with E-state index in [9.17, 15) is 18.0 Å². The molecule has 7 nitrogen and oxygen atoms in total. The van der Waals surface area contributed by atoms with E-state index in [2.05, 4.69) is 10.0 Å². The van der Waals surface area contributed by atoms with Gasteiger partial charge in [0.15, 0.2) is 0 Å². The number of carboxylic acid groups (broad SMARTS) is 1. The lowest BCUT2D eigenvalue weighted by atomic mass is 10.1. The fourth-order valence-electron chi connectivity index (χ4n) is 1.97. The Morgan fingerprint density at radius 1 is 1.08 bits per heavy atom. The smallest absolute Gasteiger partial charge is 0.345 e. The predicted molar refractivity (Wildman–Crippen MR) is 95.7 cm³/mol. The van der Waals surface area contributed by atoms with Gasteiger partial charge in [-0.15, -0.1) is 11.3 Å². The van der Waals surface area contributed by atoms with Crippen LogP contribution in [-0.2, 0) is 10.0 Å². The molecule has 0 aliphatic heterocycles. The summed E-state index contributed by atoms with van der Waals surface area (Å²) in [5.41, 5.74) is -0.338. The maximum Gasteiger partial charge on any atom is 0.345 e. The van der Waals surface area contributed by atoms with Crippen molar-refractivity contribution in [1.29, 1.82) is 0 Å². The molecule has 2 rings (SSSR count). The number of carbonyl (C=O) groups excluding carboxylic acids is 1. The molecule has 0 atom stereocenters. The van der Waals surface area contributed by atoms with Crippen LogP contribution >= 0.6 is 11.3 Å². The maximum absolute atomic E-state index is 12.3. The van der Waals surface area contributed by atoms with Crippen molar-refractivity contribution in [3.8, 4) is 0 Å². The molecule has 2 aromatic rings. The molecule has 0 aliphatic carbocycles. The molecule has 1 amide bonds. The lowest BCUT2D eigenvalue weighted by Gasteiger charge is -2.20. The minimum atomic E-state index is -3.72. The minimum absolute atomic E-state index is 0.0256. The van der Waals surface area contributed by atoms with E-state index in [-0.39, 0.29) is 14.6 Å². The minimum Gasteiger partial charge on any atom is -0.477 e. The fraction of sp³-hybridized carbons (Fsp3) is 0.250. The number of nitrogens with one attached hydrogen (secondary N) is 2. The number of hydrogen-bond acceptors (Lipinski definition) is 5. The van der Waals surface area contributed by atoms with Crippen molar-refractivity contribution in [2.75, 3.05) is 5.32 Å². The molecule has 0 saturated heterocycles. The Morgan fingerprint density at radius 3 is 2.28 bits per heavy atom. The summed E-state index contributed by atoms with van der Waals surface area (Å²) in [7, 11) is -3.72. The molecule has 134 valence electrons. The quantitative estimate of drug-likeness (QED) is 0.736. The Morgan fingerprint density at radius 2 is 1.72 bits per heavy atom. The third kappa shape index (κ3) is 5.12. The van der Waals surface area contributed by atoms with Gasteiger partial charge in [-0.25, -0.2) is 17.9 Å². The fourth-order valence-corrected chi connectivity index (χ4v) is 4.17. The highest BCUT2D eigenvalue weighted by atomic mass is 32.2. The van der Waals surface area contributed by atoms with Crippen LogP contribution in [-0.4, -0.2) is 30.9 Å². The molecule has 0 saturated carbocycles. The molecule has 9 heteroatoms. The Kier molecular flexibility index (Phi) is 5.31. The Bertz CT molecular complexity index is 911. The first-order valence-corrected chi connectivity index (χ1v) is 9.56. The van der Waals surface area contributed by atoms with E-state index >= 15 is 0 Å². The van der Waals surface area contributed by atoms with Gasteiger partial charge in [0.05, 0.1) is 9.77 Å². The molecular formula is C16H18N2O5S2. The van der Waals surface area contributed by atoms with Gasteiger partial charge in [0, 0.05) is 11.2 Å². The molecule has 0 fully saturated rings. The Balaban J connectivity index is 2.21. The van der Waals surface area contributed by atoms with Crippen molar-refractivity contribution in [2.45, 2.75) is 31.2 Å². The van der Waals surface area contributed by atoms with Crippen molar-refractivity contribution in [1.82, 2.24) is 4.72 Å². The second-order valence-electron chi connectivity index (χ2n) is 6.31. The van der Waals surface area contributed by atoms with Crippen molar-refractivity contribution in [3.63, 3.8) is 0 Å². The second-order valence-corrected chi connectivity index (χ2v) is 9.07. The number of thiophene rings is 1. The molecule has 3 N–H and O–H groups in total. The van der Waals surface area contributed by atoms with Crippen LogP contribution in [0.2, 0.25) is 0 Å². The molecule has 0 bridgehead atoms. The Hall–Kier alpha value is -2.23. The van der Waals surface area contributed by atoms with Crippen molar-refractivity contribution in [2.24, 2.45) is 0 Å². The third-order valence-electron chi connectivity index (χ3n) is 2.88. The van der Waals surface area contributed by atoms with Gasteiger partial charge in [-0.3, -0.25) is 4.79 Å². The van der Waals surface area contributed by atoms with E-state index in [1.54, 1.807) is 26.8 Å². The van der Waals surface area contributed by atoms with Crippen LogP contribution in [0.25, 0.3) is 0 Å². The highest BCUT2D eigenvalue weighted by Gasteiger charge is 2.22. The SMILES string of the molecule is CC(C)(C)NS(=O)(=O)c1cccc(NC(=O)c2ccc(C(=O)O)s2)c1. The van der Waals surface area contributed by atoms with Crippen molar-refractivity contribution >= 4 is 38.9 Å². The lowest BCUT2D eigenvalue weighted by Crippen LogP contribution is -2.40. The standard InChI is InChI=1S/C16H18N2O5S2/c1-16(2,3)18-25(22,23)11-6-4-5-10(9-11)17-14(19)12-7-8-13(24-12)15(20)21/h4-9,18H,1-3H3,(H,17,19)(H,20,21). The number of anilines is 1. The number of sulfonamides is 1. The summed E-state index contributed by atoms with van der Waals surface area (Å²) >= 11 is 0.844. The third-order valence-corrected chi connectivity index (χ3v) is 5.71. The first-order valence-electron chi connectivity index (χ1n) is 7.26. The van der Waals surface area contributed by atoms with Crippen LogP contribution in [0.4, 0.5) is 5.69 Å². The van der Waals surface area contributed by atoms with E-state index in [1.165, 1.54) is 30.3 Å². The van der Waals surface area contributed by atoms with Crippen LogP contribution in [0.1, 0.15) is 40.1 Å². The van der Waals surface area contributed by atoms with Gasteiger partial charge < -0.3 is 10.4 Å². The van der Waals surface area contributed by atoms with Crippen LogP contribution in [0.15, 0.2) is 41.3 Å². The average molecular weight is 382 g/mol. The van der Waals surface area contributed by atoms with E-state index < -0.39 is 27.4 Å². The molecular weight excluding hydrogens is 364 g/mol. The van der Waals surface area contributed by atoms with E-state index in [4.69, 9.17) is 5.11 Å². The normalized spacial score (nSPS) is 12.0. The number of carbonyl (C=O) groups is 2. The molecule has 0 radical (unpaired) electrons. The molecule has 1 heterocycles. The predicted octanol–water partition coefficient (Wildman–Crippen LogP) is 2.78. The molecule has 25 heavy (non-hydrogen) atoms. The monoisotopic (exact) mass is 382 g/mol. The number of rotatable bonds is 5. The number of hydrogen-bond donors (Lipinski definition) is 3. The summed E-state index contributed by atoms with van der Waals surface area (Å²) < 4.78 is 27.2. The first-order chi connectivity index (χ1) is 11.5. The van der Waals surface area contributed by atoms with E-state index in [1.807, 2.05) is 0 Å². The second kappa shape index (κ2) is 6.95. The summed E-state index contributed by atoms with van der Waals surface area (Å²) in [5.74, 6) is -1.61. The number of carboxylic acids is 1. The van der Waals surface area contributed by atoms with Crippen LogP contribution in [0.5, 0.6) is 0 Å². The number of benzene rings is 1. The molecule has 0 unspecified atom stereocenters. The van der Waals surface area contributed by atoms with Gasteiger partial charge in [-0.05, 0) is 51.1 Å². The van der Waals surface area contributed by atoms with Crippen LogP contribution in [0, 0.1) is 0 Å².